The van der Waals surface area contributed by atoms with Crippen molar-refractivity contribution >= 4 is 11.8 Å². The van der Waals surface area contributed by atoms with Gasteiger partial charge in [-0.1, -0.05) is 30.4 Å². The van der Waals surface area contributed by atoms with Gasteiger partial charge in [0.05, 0.1) is 5.69 Å². The smallest absolute Gasteiger partial charge is 0.187 e. The minimum Gasteiger partial charge on any atom is -0.187 e. The SMILES string of the molecule is C=C1CCC(C)=C1Sc1nnnn1-c1ccccc1. The zero-order valence-corrected chi connectivity index (χ0v) is 11.5. The fourth-order valence-electron chi connectivity index (χ4n) is 2.09. The Bertz CT molecular complexity index is 642. The van der Waals surface area contributed by atoms with Crippen LogP contribution in [0, 0.1) is 0 Å². The van der Waals surface area contributed by atoms with Crippen LogP contribution in [0.2, 0.25) is 0 Å². The van der Waals surface area contributed by atoms with E-state index in [0.717, 1.165) is 23.7 Å². The third-order valence-electron chi connectivity index (χ3n) is 3.15. The lowest BCUT2D eigenvalue weighted by atomic mass is 10.2. The molecule has 1 aliphatic carbocycles. The van der Waals surface area contributed by atoms with E-state index in [1.807, 2.05) is 30.3 Å². The molecule has 3 rings (SSSR count). The molecule has 1 heterocycles. The van der Waals surface area contributed by atoms with Gasteiger partial charge in [0, 0.05) is 4.91 Å². The van der Waals surface area contributed by atoms with Crippen molar-refractivity contribution in [3.8, 4) is 5.69 Å². The van der Waals surface area contributed by atoms with Crippen molar-refractivity contribution in [2.75, 3.05) is 0 Å². The van der Waals surface area contributed by atoms with Crippen molar-refractivity contribution in [1.29, 1.82) is 0 Å². The summed E-state index contributed by atoms with van der Waals surface area (Å²) in [5.41, 5.74) is 3.53. The molecule has 0 amide bonds. The van der Waals surface area contributed by atoms with E-state index in [-0.39, 0.29) is 0 Å². The molecule has 0 atom stereocenters. The summed E-state index contributed by atoms with van der Waals surface area (Å²) in [6, 6.07) is 9.91. The highest BCUT2D eigenvalue weighted by Gasteiger charge is 2.19. The maximum atomic E-state index is 4.11. The van der Waals surface area contributed by atoms with Crippen LogP contribution in [-0.4, -0.2) is 20.2 Å². The van der Waals surface area contributed by atoms with Crippen LogP contribution in [0.5, 0.6) is 0 Å². The molecule has 0 saturated carbocycles. The summed E-state index contributed by atoms with van der Waals surface area (Å²) in [6.45, 7) is 6.26. The lowest BCUT2D eigenvalue weighted by Gasteiger charge is -2.06. The number of allylic oxidation sites excluding steroid dienone is 2. The Morgan fingerprint density at radius 1 is 1.21 bits per heavy atom. The molecule has 1 aromatic carbocycles. The van der Waals surface area contributed by atoms with Crippen LogP contribution in [-0.2, 0) is 0 Å². The summed E-state index contributed by atoms with van der Waals surface area (Å²) in [6.07, 6.45) is 2.13. The second-order valence-electron chi connectivity index (χ2n) is 4.52. The maximum absolute atomic E-state index is 4.11. The Morgan fingerprint density at radius 3 is 2.68 bits per heavy atom. The Labute approximate surface area is 116 Å². The minimum absolute atomic E-state index is 0.781. The van der Waals surface area contributed by atoms with E-state index < -0.39 is 0 Å². The molecule has 2 aromatic rings. The van der Waals surface area contributed by atoms with Crippen LogP contribution < -0.4 is 0 Å². The lowest BCUT2D eigenvalue weighted by molar-refractivity contribution is 0.757. The van der Waals surface area contributed by atoms with E-state index in [2.05, 4.69) is 29.0 Å². The van der Waals surface area contributed by atoms with Gasteiger partial charge in [0.1, 0.15) is 0 Å². The number of tetrazole rings is 1. The molecule has 0 saturated heterocycles. The number of benzene rings is 1. The highest BCUT2D eigenvalue weighted by atomic mass is 32.2. The molecule has 0 radical (unpaired) electrons. The summed E-state index contributed by atoms with van der Waals surface area (Å²) < 4.78 is 1.76. The van der Waals surface area contributed by atoms with Gasteiger partial charge >= 0.3 is 0 Å². The van der Waals surface area contributed by atoms with Crippen LogP contribution in [0.1, 0.15) is 19.8 Å². The van der Waals surface area contributed by atoms with E-state index >= 15 is 0 Å². The third-order valence-corrected chi connectivity index (χ3v) is 4.42. The van der Waals surface area contributed by atoms with Gasteiger partial charge in [-0.05, 0) is 59.7 Å². The molecule has 19 heavy (non-hydrogen) atoms. The second kappa shape index (κ2) is 5.01. The molecule has 1 aliphatic rings. The highest BCUT2D eigenvalue weighted by molar-refractivity contribution is 8.03. The predicted molar refractivity (Wildman–Crippen MR) is 76.1 cm³/mol. The molecule has 96 valence electrons. The van der Waals surface area contributed by atoms with E-state index in [1.165, 1.54) is 16.1 Å². The van der Waals surface area contributed by atoms with Gasteiger partial charge in [-0.15, -0.1) is 5.10 Å². The van der Waals surface area contributed by atoms with Crippen LogP contribution in [0.4, 0.5) is 0 Å². The summed E-state index contributed by atoms with van der Waals surface area (Å²) in [5, 5.41) is 12.7. The number of para-hydroxylation sites is 1. The summed E-state index contributed by atoms with van der Waals surface area (Å²) in [5.74, 6) is 0. The molecular formula is C14H14N4S. The first-order valence-electron chi connectivity index (χ1n) is 6.15. The van der Waals surface area contributed by atoms with Crippen molar-refractivity contribution in [2.45, 2.75) is 24.9 Å². The zero-order valence-electron chi connectivity index (χ0n) is 10.7. The highest BCUT2D eigenvalue weighted by Crippen LogP contribution is 2.40. The fraction of sp³-hybridized carbons (Fsp3) is 0.214. The minimum atomic E-state index is 0.781. The molecule has 0 N–H and O–H groups in total. The number of aromatic nitrogens is 4. The van der Waals surface area contributed by atoms with Crippen molar-refractivity contribution in [2.24, 2.45) is 0 Å². The Balaban J connectivity index is 1.94. The molecule has 0 aliphatic heterocycles. The molecule has 0 spiro atoms. The van der Waals surface area contributed by atoms with Crippen molar-refractivity contribution in [3.63, 3.8) is 0 Å². The number of nitrogens with zero attached hydrogens (tertiary/aromatic N) is 4. The summed E-state index contributed by atoms with van der Waals surface area (Å²) in [4.78, 5) is 1.23. The van der Waals surface area contributed by atoms with Gasteiger partial charge in [-0.25, -0.2) is 0 Å². The summed E-state index contributed by atoms with van der Waals surface area (Å²) in [7, 11) is 0. The van der Waals surface area contributed by atoms with Gasteiger partial charge in [0.2, 0.25) is 5.16 Å². The normalized spacial score (nSPS) is 15.3. The Hall–Kier alpha value is -1.88. The van der Waals surface area contributed by atoms with Crippen LogP contribution in [0.3, 0.4) is 0 Å². The Morgan fingerprint density at radius 2 is 2.00 bits per heavy atom. The first kappa shape index (κ1) is 12.2. The topological polar surface area (TPSA) is 43.6 Å². The first-order chi connectivity index (χ1) is 9.25. The monoisotopic (exact) mass is 270 g/mol. The fourth-order valence-corrected chi connectivity index (χ4v) is 3.10. The van der Waals surface area contributed by atoms with E-state index in [0.29, 0.717) is 0 Å². The van der Waals surface area contributed by atoms with Crippen molar-refractivity contribution in [1.82, 2.24) is 20.2 Å². The molecule has 1 aromatic heterocycles. The zero-order chi connectivity index (χ0) is 13.2. The third kappa shape index (κ3) is 2.33. The average molecular weight is 270 g/mol. The van der Waals surface area contributed by atoms with Gasteiger partial charge < -0.3 is 0 Å². The number of rotatable bonds is 3. The van der Waals surface area contributed by atoms with E-state index in [4.69, 9.17) is 0 Å². The van der Waals surface area contributed by atoms with Crippen molar-refractivity contribution in [3.05, 3.63) is 53.0 Å². The van der Waals surface area contributed by atoms with Crippen LogP contribution in [0.15, 0.2) is 58.1 Å². The largest absolute Gasteiger partial charge is 0.218 e. The van der Waals surface area contributed by atoms with Gasteiger partial charge in [0.15, 0.2) is 0 Å². The molecule has 0 bridgehead atoms. The molecular weight excluding hydrogens is 256 g/mol. The lowest BCUT2D eigenvalue weighted by Crippen LogP contribution is -1.98. The molecule has 5 heteroatoms. The quantitative estimate of drug-likeness (QED) is 0.857. The molecule has 0 fully saturated rings. The van der Waals surface area contributed by atoms with E-state index in [9.17, 15) is 0 Å². The average Bonchev–Trinajstić information content (AvgIpc) is 3.02. The molecule has 4 nitrogen and oxygen atoms in total. The number of hydrogen-bond donors (Lipinski definition) is 0. The van der Waals surface area contributed by atoms with Crippen LogP contribution in [0.25, 0.3) is 5.69 Å². The first-order valence-corrected chi connectivity index (χ1v) is 6.97. The molecule has 0 unspecified atom stereocenters. The number of hydrogen-bond acceptors (Lipinski definition) is 4. The van der Waals surface area contributed by atoms with Crippen LogP contribution >= 0.6 is 11.8 Å². The van der Waals surface area contributed by atoms with Gasteiger partial charge in [0.25, 0.3) is 0 Å². The van der Waals surface area contributed by atoms with Gasteiger partial charge in [-0.2, -0.15) is 4.68 Å². The predicted octanol–water partition coefficient (Wildman–Crippen LogP) is 3.38. The maximum Gasteiger partial charge on any atom is 0.218 e. The number of thioether (sulfide) groups is 1. The van der Waals surface area contributed by atoms with Crippen molar-refractivity contribution < 1.29 is 0 Å². The van der Waals surface area contributed by atoms with Gasteiger partial charge in [-0.3, -0.25) is 0 Å². The second-order valence-corrected chi connectivity index (χ2v) is 5.50. The van der Waals surface area contributed by atoms with E-state index in [1.54, 1.807) is 16.4 Å². The standard InChI is InChI=1S/C14H14N4S/c1-10-8-9-11(2)13(10)19-14-15-16-17-18(14)12-6-4-3-5-7-12/h3-7H,1,8-9H2,2H3. The summed E-state index contributed by atoms with van der Waals surface area (Å²) >= 11 is 1.60. The Kier molecular flexibility index (Phi) is 3.21.